The Hall–Kier alpha value is -0.280. The van der Waals surface area contributed by atoms with Gasteiger partial charge in [-0.1, -0.05) is 21.6 Å². The third-order valence-corrected chi connectivity index (χ3v) is 5.29. The maximum atomic E-state index is 11.7. The number of ketones is 1. The molecule has 0 rings (SSSR count). The largest absolute Gasteiger partial charge is 0.382 e. The van der Waals surface area contributed by atoms with E-state index >= 15 is 0 Å². The summed E-state index contributed by atoms with van der Waals surface area (Å²) in [7, 11) is 5.05. The summed E-state index contributed by atoms with van der Waals surface area (Å²) in [6, 6.07) is 0. The van der Waals surface area contributed by atoms with Gasteiger partial charge in [-0.25, -0.2) is 0 Å². The van der Waals surface area contributed by atoms with Gasteiger partial charge in [0.25, 0.3) is 0 Å². The van der Waals surface area contributed by atoms with Gasteiger partial charge in [0.15, 0.2) is 0 Å². The SMILES string of the molecule is COCCOCCCCC(=O)CCC(=O)NCCSSCCN. The predicted molar refractivity (Wildman–Crippen MR) is 97.8 cm³/mol. The highest BCUT2D eigenvalue weighted by atomic mass is 33.1. The molecule has 0 fully saturated rings. The molecule has 0 bridgehead atoms. The lowest BCUT2D eigenvalue weighted by Crippen LogP contribution is -2.25. The first-order valence-corrected chi connectivity index (χ1v) is 10.5. The van der Waals surface area contributed by atoms with E-state index in [0.29, 0.717) is 45.8 Å². The van der Waals surface area contributed by atoms with Crippen LogP contribution >= 0.6 is 21.6 Å². The number of rotatable bonds is 17. The second kappa shape index (κ2) is 18.1. The van der Waals surface area contributed by atoms with Gasteiger partial charge in [-0.15, -0.1) is 0 Å². The topological polar surface area (TPSA) is 90.6 Å². The molecule has 0 saturated heterocycles. The summed E-state index contributed by atoms with van der Waals surface area (Å²) in [5.41, 5.74) is 5.38. The fraction of sp³-hybridized carbons (Fsp3) is 0.867. The van der Waals surface area contributed by atoms with Gasteiger partial charge in [-0.05, 0) is 12.8 Å². The number of methoxy groups -OCH3 is 1. The molecule has 0 aliphatic heterocycles. The molecule has 0 unspecified atom stereocenters. The molecule has 8 heteroatoms. The van der Waals surface area contributed by atoms with Crippen LogP contribution in [-0.2, 0) is 19.1 Å². The Balaban J connectivity index is 3.35. The zero-order valence-electron chi connectivity index (χ0n) is 14.0. The first-order chi connectivity index (χ1) is 11.2. The standard InChI is InChI=1S/C15H30N2O4S2/c1-20-10-11-21-9-3-2-4-14(18)5-6-15(19)17-8-13-23-22-12-7-16/h2-13,16H2,1H3,(H,17,19). The minimum atomic E-state index is -0.0503. The van der Waals surface area contributed by atoms with Crippen molar-refractivity contribution >= 4 is 33.3 Å². The molecule has 23 heavy (non-hydrogen) atoms. The van der Waals surface area contributed by atoms with Crippen LogP contribution in [0.3, 0.4) is 0 Å². The molecule has 0 aromatic heterocycles. The molecule has 0 atom stereocenters. The Morgan fingerprint density at radius 2 is 1.78 bits per heavy atom. The summed E-state index contributed by atoms with van der Waals surface area (Å²) in [5.74, 6) is 1.87. The minimum Gasteiger partial charge on any atom is -0.382 e. The normalized spacial score (nSPS) is 10.7. The van der Waals surface area contributed by atoms with Crippen LogP contribution in [0.5, 0.6) is 0 Å². The van der Waals surface area contributed by atoms with Crippen molar-refractivity contribution in [3.8, 4) is 0 Å². The lowest BCUT2D eigenvalue weighted by Gasteiger charge is -2.05. The Bertz CT molecular complexity index is 307. The highest BCUT2D eigenvalue weighted by Gasteiger charge is 2.06. The Kier molecular flexibility index (Phi) is 17.8. The molecule has 0 radical (unpaired) electrons. The second-order valence-corrected chi connectivity index (χ2v) is 7.59. The lowest BCUT2D eigenvalue weighted by molar-refractivity contribution is -0.125. The first-order valence-electron chi connectivity index (χ1n) is 8.00. The van der Waals surface area contributed by atoms with E-state index < -0.39 is 0 Å². The van der Waals surface area contributed by atoms with E-state index in [4.69, 9.17) is 15.2 Å². The van der Waals surface area contributed by atoms with Gasteiger partial charge in [0.2, 0.25) is 5.91 Å². The predicted octanol–water partition coefficient (Wildman–Crippen LogP) is 1.63. The van der Waals surface area contributed by atoms with E-state index in [1.165, 1.54) is 0 Å². The van der Waals surface area contributed by atoms with E-state index in [1.807, 2.05) is 0 Å². The molecule has 0 aromatic rings. The highest BCUT2D eigenvalue weighted by Crippen LogP contribution is 2.18. The van der Waals surface area contributed by atoms with Crippen molar-refractivity contribution < 1.29 is 19.1 Å². The maximum Gasteiger partial charge on any atom is 0.220 e. The van der Waals surface area contributed by atoms with Crippen molar-refractivity contribution in [3.63, 3.8) is 0 Å². The average Bonchev–Trinajstić information content (AvgIpc) is 2.55. The monoisotopic (exact) mass is 366 g/mol. The van der Waals surface area contributed by atoms with Crippen LogP contribution in [0.25, 0.3) is 0 Å². The maximum absolute atomic E-state index is 11.7. The van der Waals surface area contributed by atoms with Crippen LogP contribution in [0.1, 0.15) is 32.1 Å². The second-order valence-electron chi connectivity index (χ2n) is 4.88. The fourth-order valence-corrected chi connectivity index (χ4v) is 3.40. The summed E-state index contributed by atoms with van der Waals surface area (Å²) >= 11 is 0. The Morgan fingerprint density at radius 3 is 2.52 bits per heavy atom. The van der Waals surface area contributed by atoms with Gasteiger partial charge in [0.05, 0.1) is 13.2 Å². The quantitative estimate of drug-likeness (QED) is 0.299. The molecular weight excluding hydrogens is 336 g/mol. The van der Waals surface area contributed by atoms with Crippen LogP contribution in [0.4, 0.5) is 0 Å². The van der Waals surface area contributed by atoms with Gasteiger partial charge in [0, 0.05) is 57.6 Å². The molecule has 0 heterocycles. The smallest absolute Gasteiger partial charge is 0.220 e. The number of nitrogens with one attached hydrogen (secondary N) is 1. The third kappa shape index (κ3) is 17.9. The molecule has 0 aliphatic carbocycles. The van der Waals surface area contributed by atoms with E-state index in [9.17, 15) is 9.59 Å². The highest BCUT2D eigenvalue weighted by molar-refractivity contribution is 8.76. The number of carbonyl (C=O) groups is 2. The van der Waals surface area contributed by atoms with Crippen LogP contribution in [0.15, 0.2) is 0 Å². The number of Topliss-reactive ketones (excluding diaryl/α,β-unsaturated/α-hetero) is 1. The molecule has 1 amide bonds. The first kappa shape index (κ1) is 22.7. The van der Waals surface area contributed by atoms with Crippen molar-refractivity contribution in [1.82, 2.24) is 5.32 Å². The minimum absolute atomic E-state index is 0.0503. The summed E-state index contributed by atoms with van der Waals surface area (Å²) in [4.78, 5) is 23.3. The van der Waals surface area contributed by atoms with E-state index in [-0.39, 0.29) is 18.1 Å². The van der Waals surface area contributed by atoms with Crippen molar-refractivity contribution in [1.29, 1.82) is 0 Å². The van der Waals surface area contributed by atoms with Crippen LogP contribution < -0.4 is 11.1 Å². The number of ether oxygens (including phenoxy) is 2. The average molecular weight is 367 g/mol. The van der Waals surface area contributed by atoms with Crippen LogP contribution in [0, 0.1) is 0 Å². The summed E-state index contributed by atoms with van der Waals surface area (Å²) in [6.07, 6.45) is 2.80. The molecule has 136 valence electrons. The van der Waals surface area contributed by atoms with Gasteiger partial charge < -0.3 is 20.5 Å². The number of nitrogens with two attached hydrogens (primary N) is 1. The molecule has 6 nitrogen and oxygen atoms in total. The zero-order valence-corrected chi connectivity index (χ0v) is 15.6. The van der Waals surface area contributed by atoms with Crippen molar-refractivity contribution in [2.75, 3.05) is 51.5 Å². The van der Waals surface area contributed by atoms with Crippen LogP contribution in [0.2, 0.25) is 0 Å². The summed E-state index contributed by atoms with van der Waals surface area (Å²) < 4.78 is 10.2. The zero-order chi connectivity index (χ0) is 17.2. The number of amides is 1. The van der Waals surface area contributed by atoms with Crippen molar-refractivity contribution in [3.05, 3.63) is 0 Å². The van der Waals surface area contributed by atoms with Gasteiger partial charge in [0.1, 0.15) is 5.78 Å². The summed E-state index contributed by atoms with van der Waals surface area (Å²) in [6.45, 7) is 3.14. The number of hydrogen-bond donors (Lipinski definition) is 2. The Labute approximate surface area is 147 Å². The lowest BCUT2D eigenvalue weighted by atomic mass is 10.1. The number of hydrogen-bond acceptors (Lipinski definition) is 7. The van der Waals surface area contributed by atoms with Gasteiger partial charge in [-0.2, -0.15) is 0 Å². The molecule has 0 saturated carbocycles. The molecule has 0 aliphatic rings. The van der Waals surface area contributed by atoms with Crippen LogP contribution in [-0.4, -0.2) is 63.2 Å². The van der Waals surface area contributed by atoms with Gasteiger partial charge >= 0.3 is 0 Å². The fourth-order valence-electron chi connectivity index (χ4n) is 1.64. The number of carbonyl (C=O) groups excluding carboxylic acids is 2. The Morgan fingerprint density at radius 1 is 1.00 bits per heavy atom. The molecule has 0 aromatic carbocycles. The number of unbranched alkanes of at least 4 members (excludes halogenated alkanes) is 1. The van der Waals surface area contributed by atoms with Crippen molar-refractivity contribution in [2.24, 2.45) is 5.73 Å². The summed E-state index contributed by atoms with van der Waals surface area (Å²) in [5, 5.41) is 2.82. The van der Waals surface area contributed by atoms with Crippen molar-refractivity contribution in [2.45, 2.75) is 32.1 Å². The molecular formula is C15H30N2O4S2. The van der Waals surface area contributed by atoms with Gasteiger partial charge in [-0.3, -0.25) is 9.59 Å². The van der Waals surface area contributed by atoms with E-state index in [0.717, 1.165) is 24.3 Å². The molecule has 3 N–H and O–H groups in total. The molecule has 0 spiro atoms. The van der Waals surface area contributed by atoms with E-state index in [2.05, 4.69) is 5.32 Å². The van der Waals surface area contributed by atoms with E-state index in [1.54, 1.807) is 28.7 Å². The third-order valence-electron chi connectivity index (χ3n) is 2.85.